The zero-order valence-electron chi connectivity index (χ0n) is 21.7. The van der Waals surface area contributed by atoms with E-state index in [-0.39, 0.29) is 22.6 Å². The van der Waals surface area contributed by atoms with Gasteiger partial charge in [-0.15, -0.1) is 13.2 Å². The van der Waals surface area contributed by atoms with Crippen molar-refractivity contribution < 1.29 is 40.3 Å². The Bertz CT molecular complexity index is 1440. The molecule has 0 aromatic heterocycles. The summed E-state index contributed by atoms with van der Waals surface area (Å²) in [5.41, 5.74) is 0.00567. The van der Waals surface area contributed by atoms with Crippen molar-refractivity contribution in [1.82, 2.24) is 10.0 Å². The molecular formula is C27H27F4N3O5S. The van der Waals surface area contributed by atoms with Crippen LogP contribution in [0.3, 0.4) is 0 Å². The fraction of sp³-hybridized carbons (Fsp3) is 0.259. The van der Waals surface area contributed by atoms with Gasteiger partial charge in [0.15, 0.2) is 0 Å². The van der Waals surface area contributed by atoms with Crippen molar-refractivity contribution in [2.75, 3.05) is 5.32 Å². The van der Waals surface area contributed by atoms with Crippen molar-refractivity contribution in [3.63, 3.8) is 0 Å². The summed E-state index contributed by atoms with van der Waals surface area (Å²) < 4.78 is 82.1. The molecule has 3 N–H and O–H groups in total. The lowest BCUT2D eigenvalue weighted by molar-refractivity contribution is -0.274. The van der Waals surface area contributed by atoms with E-state index in [4.69, 9.17) is 0 Å². The second kappa shape index (κ2) is 12.0. The summed E-state index contributed by atoms with van der Waals surface area (Å²) in [7, 11) is -3.81. The molecule has 8 nitrogen and oxygen atoms in total. The molecule has 3 aromatic carbocycles. The van der Waals surface area contributed by atoms with Gasteiger partial charge in [0, 0.05) is 23.2 Å². The smallest absolute Gasteiger partial charge is 0.406 e. The predicted molar refractivity (Wildman–Crippen MR) is 140 cm³/mol. The molecule has 0 aliphatic rings. The lowest BCUT2D eigenvalue weighted by Gasteiger charge is -2.21. The van der Waals surface area contributed by atoms with Gasteiger partial charge in [-0.3, -0.25) is 9.59 Å². The van der Waals surface area contributed by atoms with Crippen LogP contribution in [0.2, 0.25) is 0 Å². The third-order valence-corrected chi connectivity index (χ3v) is 6.97. The Balaban J connectivity index is 1.80. The molecule has 1 atom stereocenters. The van der Waals surface area contributed by atoms with Crippen LogP contribution in [0.25, 0.3) is 0 Å². The SMILES string of the molecule is CC(C)(C)NS(=O)(=O)c1ccc(NC(=O)[C@H](Cc2ccc(OC(F)(F)F)cc2)NC(=O)c2ccc(F)cc2)cc1. The maximum atomic E-state index is 13.3. The van der Waals surface area contributed by atoms with Gasteiger partial charge in [-0.2, -0.15) is 0 Å². The highest BCUT2D eigenvalue weighted by Crippen LogP contribution is 2.23. The molecule has 214 valence electrons. The highest BCUT2D eigenvalue weighted by atomic mass is 32.2. The summed E-state index contributed by atoms with van der Waals surface area (Å²) in [5, 5.41) is 5.14. The van der Waals surface area contributed by atoms with Crippen LogP contribution >= 0.6 is 0 Å². The number of carbonyl (C=O) groups excluding carboxylic acids is 2. The van der Waals surface area contributed by atoms with Gasteiger partial charge in [0.25, 0.3) is 5.91 Å². The highest BCUT2D eigenvalue weighted by Gasteiger charge is 2.31. The molecule has 3 rings (SSSR count). The van der Waals surface area contributed by atoms with Crippen molar-refractivity contribution in [2.24, 2.45) is 0 Å². The van der Waals surface area contributed by atoms with Gasteiger partial charge in [-0.05, 0) is 87.0 Å². The van der Waals surface area contributed by atoms with E-state index in [0.29, 0.717) is 5.56 Å². The van der Waals surface area contributed by atoms with Gasteiger partial charge >= 0.3 is 6.36 Å². The van der Waals surface area contributed by atoms with Gasteiger partial charge < -0.3 is 15.4 Å². The first-order valence-electron chi connectivity index (χ1n) is 11.9. The minimum Gasteiger partial charge on any atom is -0.406 e. The molecule has 3 aromatic rings. The van der Waals surface area contributed by atoms with Crippen molar-refractivity contribution in [1.29, 1.82) is 0 Å². The summed E-state index contributed by atoms with van der Waals surface area (Å²) >= 11 is 0. The zero-order valence-corrected chi connectivity index (χ0v) is 22.5. The topological polar surface area (TPSA) is 114 Å². The quantitative estimate of drug-likeness (QED) is 0.315. The van der Waals surface area contributed by atoms with Crippen LogP contribution in [-0.2, 0) is 21.2 Å². The van der Waals surface area contributed by atoms with E-state index >= 15 is 0 Å². The van der Waals surface area contributed by atoms with Crippen LogP contribution in [0.15, 0.2) is 77.7 Å². The van der Waals surface area contributed by atoms with E-state index in [1.54, 1.807) is 20.8 Å². The number of anilines is 1. The largest absolute Gasteiger partial charge is 0.573 e. The summed E-state index contributed by atoms with van der Waals surface area (Å²) in [6, 6.07) is 13.5. The van der Waals surface area contributed by atoms with E-state index in [1.165, 1.54) is 48.5 Å². The number of alkyl halides is 3. The van der Waals surface area contributed by atoms with Crippen molar-refractivity contribution in [2.45, 2.75) is 50.0 Å². The summed E-state index contributed by atoms with van der Waals surface area (Å²) in [6.45, 7) is 5.07. The van der Waals surface area contributed by atoms with Crippen LogP contribution in [0.4, 0.5) is 23.2 Å². The van der Waals surface area contributed by atoms with E-state index < -0.39 is 51.3 Å². The van der Waals surface area contributed by atoms with Gasteiger partial charge in [0.2, 0.25) is 15.9 Å². The maximum Gasteiger partial charge on any atom is 0.573 e. The third kappa shape index (κ3) is 9.35. The van der Waals surface area contributed by atoms with Crippen LogP contribution in [0.5, 0.6) is 5.75 Å². The number of benzene rings is 3. The number of halogens is 4. The number of sulfonamides is 1. The zero-order chi connectivity index (χ0) is 29.7. The second-order valence-corrected chi connectivity index (χ2v) is 11.5. The van der Waals surface area contributed by atoms with Crippen LogP contribution in [0.1, 0.15) is 36.7 Å². The number of hydrogen-bond acceptors (Lipinski definition) is 5. The minimum atomic E-state index is -4.87. The molecule has 0 aliphatic heterocycles. The minimum absolute atomic E-state index is 0.0252. The molecule has 40 heavy (non-hydrogen) atoms. The molecule has 0 saturated carbocycles. The Kier molecular flexibility index (Phi) is 9.21. The van der Waals surface area contributed by atoms with Crippen molar-refractivity contribution in [3.8, 4) is 5.75 Å². The summed E-state index contributed by atoms with van der Waals surface area (Å²) in [4.78, 5) is 25.9. The van der Waals surface area contributed by atoms with E-state index in [9.17, 15) is 35.6 Å². The number of carbonyl (C=O) groups is 2. The number of amides is 2. The molecule has 0 unspecified atom stereocenters. The lowest BCUT2D eigenvalue weighted by atomic mass is 10.0. The molecule has 0 aliphatic carbocycles. The standard InChI is InChI=1S/C27H27F4N3O5S/c1-26(2,3)34-40(37,38)22-14-10-20(11-15-22)32-25(36)23(33-24(35)18-6-8-19(28)9-7-18)16-17-4-12-21(13-5-17)39-27(29,30)31/h4-15,23,34H,16H2,1-3H3,(H,32,36)(H,33,35)/t23-/m0/s1. The Morgan fingerprint density at radius 2 is 1.45 bits per heavy atom. The highest BCUT2D eigenvalue weighted by molar-refractivity contribution is 7.89. The maximum absolute atomic E-state index is 13.3. The molecule has 0 heterocycles. The van der Waals surface area contributed by atoms with E-state index in [1.807, 2.05) is 0 Å². The van der Waals surface area contributed by atoms with Crippen LogP contribution in [0, 0.1) is 5.82 Å². The Morgan fingerprint density at radius 3 is 1.98 bits per heavy atom. The van der Waals surface area contributed by atoms with E-state index in [0.717, 1.165) is 24.3 Å². The average Bonchev–Trinajstić information content (AvgIpc) is 2.83. The van der Waals surface area contributed by atoms with E-state index in [2.05, 4.69) is 20.1 Å². The Hall–Kier alpha value is -3.97. The number of rotatable bonds is 9. The van der Waals surface area contributed by atoms with Crippen molar-refractivity contribution >= 4 is 27.5 Å². The van der Waals surface area contributed by atoms with Gasteiger partial charge in [0.1, 0.15) is 17.6 Å². The third-order valence-electron chi connectivity index (χ3n) is 5.20. The van der Waals surface area contributed by atoms with Crippen LogP contribution in [-0.4, -0.2) is 38.2 Å². The first-order valence-corrected chi connectivity index (χ1v) is 13.4. The van der Waals surface area contributed by atoms with Crippen molar-refractivity contribution in [3.05, 3.63) is 89.7 Å². The van der Waals surface area contributed by atoms with Gasteiger partial charge in [0.05, 0.1) is 4.90 Å². The molecule has 0 radical (unpaired) electrons. The Labute approximate surface area is 228 Å². The summed E-state index contributed by atoms with van der Waals surface area (Å²) in [6.07, 6.45) is -4.99. The second-order valence-electron chi connectivity index (χ2n) is 9.80. The number of nitrogens with one attached hydrogen (secondary N) is 3. The fourth-order valence-corrected chi connectivity index (χ4v) is 4.94. The first-order chi connectivity index (χ1) is 18.5. The first kappa shape index (κ1) is 30.6. The molecule has 0 saturated heterocycles. The van der Waals surface area contributed by atoms with Gasteiger partial charge in [-0.25, -0.2) is 17.5 Å². The lowest BCUT2D eigenvalue weighted by Crippen LogP contribution is -2.45. The molecule has 0 spiro atoms. The normalized spacial score (nSPS) is 12.9. The predicted octanol–water partition coefficient (Wildman–Crippen LogP) is 4.78. The Morgan fingerprint density at radius 1 is 0.875 bits per heavy atom. The number of hydrogen-bond donors (Lipinski definition) is 3. The average molecular weight is 582 g/mol. The van der Waals surface area contributed by atoms with Crippen LogP contribution < -0.4 is 20.1 Å². The molecule has 2 amide bonds. The summed E-state index contributed by atoms with van der Waals surface area (Å²) in [5.74, 6) is -2.39. The van der Waals surface area contributed by atoms with Gasteiger partial charge in [-0.1, -0.05) is 12.1 Å². The molecular weight excluding hydrogens is 554 g/mol. The molecule has 0 bridgehead atoms. The monoisotopic (exact) mass is 581 g/mol. The molecule has 13 heteroatoms. The number of ether oxygens (including phenoxy) is 1. The molecule has 0 fully saturated rings. The fourth-order valence-electron chi connectivity index (χ4n) is 3.52.